The molecule has 19 nitrogen and oxygen atoms in total. The molecule has 9 heterocycles. The number of halogens is 2. The molecule has 20 aromatic rings. The molecule has 0 saturated heterocycles. The first-order valence-electron chi connectivity index (χ1n) is 48.5. The summed E-state index contributed by atoms with van der Waals surface area (Å²) in [4.78, 5) is 31.3. The molecule has 738 valence electrons. The van der Waals surface area contributed by atoms with Crippen LogP contribution in [0, 0.1) is 13.8 Å². The number of aromatic nitrogens is 7. The molecule has 0 bridgehead atoms. The van der Waals surface area contributed by atoms with E-state index in [4.69, 9.17) is 44.8 Å². The third kappa shape index (κ3) is 27.9. The number of phenolic OH excluding ortho intramolecular Hbond substituents is 4. The highest BCUT2D eigenvalue weighted by Crippen LogP contribution is 2.45. The van der Waals surface area contributed by atoms with Crippen LogP contribution in [0.5, 0.6) is 63.2 Å². The largest absolute Gasteiger partial charge is 0.507 e. The molecule has 2 aliphatic rings. The van der Waals surface area contributed by atoms with Gasteiger partial charge in [-0.2, -0.15) is 0 Å². The number of hydrogen-bond acceptors (Lipinski definition) is 19. The average molecular weight is 2040 g/mol. The third-order valence-corrected chi connectivity index (χ3v) is 24.9. The van der Waals surface area contributed by atoms with Crippen molar-refractivity contribution < 1.29 is 53.6 Å². The minimum atomic E-state index is 0.0532. The zero-order valence-corrected chi connectivity index (χ0v) is 85.2. The van der Waals surface area contributed by atoms with Gasteiger partial charge in [0.1, 0.15) is 56.8 Å². The van der Waals surface area contributed by atoms with Crippen LogP contribution in [0.1, 0.15) is 122 Å². The molecular weight excluding hydrogens is 1930 g/mol. The van der Waals surface area contributed by atoms with Crippen molar-refractivity contribution in [3.05, 3.63) is 463 Å². The third-order valence-electron chi connectivity index (χ3n) is 23.9. The minimum absolute atomic E-state index is 0.0532. The number of nitrogens with zero attached hydrogens (tertiary/aromatic N) is 7. The van der Waals surface area contributed by atoms with Crippen LogP contribution >= 0.6 is 27.5 Å². The van der Waals surface area contributed by atoms with Crippen molar-refractivity contribution in [1.82, 2.24) is 40.2 Å². The fourth-order valence-corrected chi connectivity index (χ4v) is 17.1. The number of aromatic hydroxyl groups is 4. The molecule has 5 N–H and O–H groups in total. The van der Waals surface area contributed by atoms with E-state index in [1.807, 2.05) is 356 Å². The average Bonchev–Trinajstić information content (AvgIpc) is 1.61. The summed E-state index contributed by atoms with van der Waals surface area (Å²) < 4.78 is 39.8. The SMILES string of the molecule is C(=C\c1ccc2ccccc2n1)/c1cccnc1.CCOc1cc2c(cc1OCC)C(c1cc3c(cc1Br)OCO3)NCC2.CCOc1ccccc1/C=C/c1ccc2cccc(O)c2n1.COc1ccc(/C=C/c2ccc3ccccc3n2)cc1.COc1ccc(C)cc1/C=C/c1ccc2ccccc2n1.Cc1cccc(/C=C/c2ccc3cccc(O)c3n2)c1O.Oc1cccc2ccc(/C=C/c3ccccc3Cl)nc12. The van der Waals surface area contributed by atoms with E-state index < -0.39 is 0 Å². The maximum absolute atomic E-state index is 9.98. The van der Waals surface area contributed by atoms with Gasteiger partial charge in [0, 0.05) is 77.4 Å². The molecule has 0 aliphatic carbocycles. The molecule has 0 saturated carbocycles. The van der Waals surface area contributed by atoms with E-state index in [0.29, 0.717) is 41.4 Å². The Hall–Kier alpha value is -17.6. The van der Waals surface area contributed by atoms with E-state index in [-0.39, 0.29) is 35.8 Å². The van der Waals surface area contributed by atoms with Gasteiger partial charge in [-0.15, -0.1) is 0 Å². The Bertz CT molecular complexity index is 8210. The van der Waals surface area contributed by atoms with E-state index in [1.54, 1.807) is 50.7 Å². The second kappa shape index (κ2) is 51.6. The number of aryl methyl sites for hydroxylation is 2. The van der Waals surface area contributed by atoms with Crippen molar-refractivity contribution >= 4 is 166 Å². The van der Waals surface area contributed by atoms with Gasteiger partial charge in [0.15, 0.2) is 23.0 Å². The smallest absolute Gasteiger partial charge is 0.231 e. The second-order valence-corrected chi connectivity index (χ2v) is 35.3. The van der Waals surface area contributed by atoms with Gasteiger partial charge in [-0.05, 0) is 274 Å². The summed E-state index contributed by atoms with van der Waals surface area (Å²) in [7, 11) is 3.36. The molecule has 22 rings (SSSR count). The van der Waals surface area contributed by atoms with Crippen LogP contribution in [-0.2, 0) is 6.42 Å². The summed E-state index contributed by atoms with van der Waals surface area (Å²) in [5.74, 6) is 6.59. The molecule has 1 unspecified atom stereocenters. The van der Waals surface area contributed by atoms with Gasteiger partial charge in [-0.1, -0.05) is 258 Å². The Labute approximate surface area is 874 Å². The Morgan fingerprint density at radius 1 is 0.365 bits per heavy atom. The standard InChI is InChI=1S/C20H22BrNO4.C19H17NO2.C19H17NO.C18H15NO2.C18H15NO.C17H12ClNO.C16H12N2/c1-3-23-16-7-12-5-6-22-20(13(12)8-17(16)24-4-2)14-9-18-19(10-15(14)21)26-11-25-18;1-2-22-18-9-4-3-6-14(18)10-12-16-13-11-15-7-5-8-17(21)19(15)20-16;1-14-7-12-19(21-2)16(13-14)9-11-17-10-8-15-5-3-4-6-18(15)20-17;1-12-4-2-6-14(18(12)21)9-11-15-10-8-13-5-3-7-16(20)17(13)19-15;1-20-17-12-7-14(8-13-17)6-10-16-11-9-15-4-2-3-5-18(15)19-16;18-15-6-2-1-4-12(15)8-10-14-11-9-13-5-3-7-16(20)17(13)19-14;1-2-6-16-14(5-1)8-10-15(18-16)9-7-13-4-3-11-17-12-13/h7-10,20,22H,3-6,11H2,1-2H3;3-13,21H,2H2,1H3;3-13H,1-2H3;2-11,20-21H,1H3;2-13H,1H3;1-11,20H;1-12H/b;12-10+;2*11-9+;10-6+;10-8+;9-7+. The molecule has 13 aromatic carbocycles. The van der Waals surface area contributed by atoms with Gasteiger partial charge in [0.05, 0.1) is 90.8 Å². The number of fused-ring (bicyclic) bond motifs is 8. The monoisotopic (exact) mass is 2040 g/mol. The first-order valence-corrected chi connectivity index (χ1v) is 49.7. The number of methoxy groups -OCH3 is 2. The predicted octanol–water partition coefficient (Wildman–Crippen LogP) is 30.5. The number of hydrogen-bond donors (Lipinski definition) is 5. The number of ether oxygens (including phenoxy) is 7. The summed E-state index contributed by atoms with van der Waals surface area (Å²) in [6, 6.07) is 112. The van der Waals surface area contributed by atoms with E-state index in [1.165, 1.54) is 16.7 Å². The number of rotatable bonds is 21. The van der Waals surface area contributed by atoms with Gasteiger partial charge < -0.3 is 58.9 Å². The quantitative estimate of drug-likeness (QED) is 0.0449. The Morgan fingerprint density at radius 2 is 0.804 bits per heavy atom. The van der Waals surface area contributed by atoms with Crippen molar-refractivity contribution in [3.63, 3.8) is 0 Å². The topological polar surface area (TPSA) is 248 Å². The Kier molecular flexibility index (Phi) is 36.0. The van der Waals surface area contributed by atoms with Crippen molar-refractivity contribution in [2.24, 2.45) is 0 Å². The first-order chi connectivity index (χ1) is 72.4. The first kappa shape index (κ1) is 103. The number of benzene rings is 13. The van der Waals surface area contributed by atoms with Crippen LogP contribution in [0.15, 0.2) is 363 Å². The summed E-state index contributed by atoms with van der Waals surface area (Å²) in [6.07, 6.45) is 28.0. The lowest BCUT2D eigenvalue weighted by Gasteiger charge is -2.29. The Morgan fingerprint density at radius 3 is 1.32 bits per heavy atom. The van der Waals surface area contributed by atoms with Gasteiger partial charge in [0.2, 0.25) is 6.79 Å². The maximum Gasteiger partial charge on any atom is 0.231 e. The molecule has 0 amide bonds. The summed E-state index contributed by atoms with van der Waals surface area (Å²) in [5.41, 5.74) is 21.6. The van der Waals surface area contributed by atoms with E-state index in [0.717, 1.165) is 185 Å². The molecule has 0 radical (unpaired) electrons. The molecule has 7 aromatic heterocycles. The highest BCUT2D eigenvalue weighted by Gasteiger charge is 2.29. The van der Waals surface area contributed by atoms with Crippen LogP contribution in [0.4, 0.5) is 0 Å². The van der Waals surface area contributed by atoms with E-state index >= 15 is 0 Å². The van der Waals surface area contributed by atoms with Crippen LogP contribution in [0.2, 0.25) is 5.02 Å². The lowest BCUT2D eigenvalue weighted by Crippen LogP contribution is -2.31. The lowest BCUT2D eigenvalue weighted by atomic mass is 9.89. The zero-order chi connectivity index (χ0) is 103. The molecule has 1 atom stereocenters. The van der Waals surface area contributed by atoms with E-state index in [9.17, 15) is 20.4 Å². The number of nitrogens with one attached hydrogen (secondary N) is 1. The van der Waals surface area contributed by atoms with Crippen molar-refractivity contribution in [1.29, 1.82) is 0 Å². The van der Waals surface area contributed by atoms with Gasteiger partial charge in [0.25, 0.3) is 0 Å². The minimum Gasteiger partial charge on any atom is -0.507 e. The summed E-state index contributed by atoms with van der Waals surface area (Å²) >= 11 is 9.79. The van der Waals surface area contributed by atoms with Gasteiger partial charge >= 0.3 is 0 Å². The number of para-hydroxylation sites is 8. The maximum atomic E-state index is 9.98. The Balaban J connectivity index is 0.000000123. The lowest BCUT2D eigenvalue weighted by molar-refractivity contribution is 0.174. The fourth-order valence-electron chi connectivity index (χ4n) is 16.3. The molecule has 2 aliphatic heterocycles. The van der Waals surface area contributed by atoms with Crippen molar-refractivity contribution in [2.75, 3.05) is 47.4 Å². The molecule has 0 spiro atoms. The van der Waals surface area contributed by atoms with Crippen LogP contribution in [0.3, 0.4) is 0 Å². The summed E-state index contributed by atoms with van der Waals surface area (Å²) in [5, 5.41) is 50.1. The number of pyridine rings is 7. The highest BCUT2D eigenvalue weighted by atomic mass is 79.9. The van der Waals surface area contributed by atoms with Crippen LogP contribution in [-0.4, -0.2) is 103 Å². The summed E-state index contributed by atoms with van der Waals surface area (Å²) in [6.45, 7) is 12.9. The molecule has 0 fully saturated rings. The molecular formula is C127H110BrClN8O11. The van der Waals surface area contributed by atoms with Crippen LogP contribution in [0.25, 0.3) is 138 Å². The zero-order valence-electron chi connectivity index (χ0n) is 82.8. The predicted molar refractivity (Wildman–Crippen MR) is 608 cm³/mol. The van der Waals surface area contributed by atoms with Crippen molar-refractivity contribution in [2.45, 2.75) is 47.1 Å². The van der Waals surface area contributed by atoms with E-state index in [2.05, 4.69) is 130 Å². The molecule has 148 heavy (non-hydrogen) atoms. The fraction of sp³-hybridized carbons (Fsp3) is 0.110. The number of phenols is 4. The van der Waals surface area contributed by atoms with Crippen LogP contribution < -0.4 is 38.5 Å². The second-order valence-electron chi connectivity index (χ2n) is 34.1. The highest BCUT2D eigenvalue weighted by molar-refractivity contribution is 9.10. The van der Waals surface area contributed by atoms with Crippen molar-refractivity contribution in [3.8, 4) is 63.2 Å². The van der Waals surface area contributed by atoms with Gasteiger partial charge in [-0.3, -0.25) is 4.98 Å². The normalized spacial score (nSPS) is 12.3. The van der Waals surface area contributed by atoms with Gasteiger partial charge in [-0.25, -0.2) is 29.9 Å². The molecule has 21 heteroatoms.